The molecule has 0 bridgehead atoms. The minimum Gasteiger partial charge on any atom is -0.354 e. The van der Waals surface area contributed by atoms with E-state index in [0.29, 0.717) is 47.0 Å². The smallest absolute Gasteiger partial charge is 0.354 e. The average molecular weight is 547 g/mol. The van der Waals surface area contributed by atoms with E-state index >= 15 is 0 Å². The first-order chi connectivity index (χ1) is 18.1. The van der Waals surface area contributed by atoms with Gasteiger partial charge in [-0.2, -0.15) is 13.2 Å². The van der Waals surface area contributed by atoms with Crippen LogP contribution in [0.1, 0.15) is 41.0 Å². The van der Waals surface area contributed by atoms with Crippen molar-refractivity contribution in [3.05, 3.63) is 86.9 Å². The predicted molar refractivity (Wildman–Crippen MR) is 137 cm³/mol. The summed E-state index contributed by atoms with van der Waals surface area (Å²) in [6.45, 7) is 1.09. The summed E-state index contributed by atoms with van der Waals surface area (Å²) in [5.74, 6) is -0.126. The number of carbonyl (C=O) groups excluding carboxylic acids is 2. The number of aromatic nitrogens is 2. The lowest BCUT2D eigenvalue weighted by molar-refractivity contribution is -0.135. The van der Waals surface area contributed by atoms with Crippen LogP contribution in [0, 0.1) is 0 Å². The summed E-state index contributed by atoms with van der Waals surface area (Å²) in [6.07, 6.45) is -5.37. The van der Waals surface area contributed by atoms with E-state index in [1.807, 2.05) is 0 Å². The molecule has 200 valence electrons. The number of nitrogens with zero attached hydrogens (tertiary/aromatic N) is 3. The second kappa shape index (κ2) is 11.8. The van der Waals surface area contributed by atoms with Gasteiger partial charge in [0.1, 0.15) is 5.82 Å². The molecule has 1 saturated heterocycles. The van der Waals surface area contributed by atoms with E-state index in [4.69, 9.17) is 11.6 Å². The lowest BCUT2D eigenvalue weighted by Crippen LogP contribution is -2.34. The van der Waals surface area contributed by atoms with Crippen molar-refractivity contribution in [1.82, 2.24) is 19.8 Å². The molecule has 1 aromatic heterocycles. The summed E-state index contributed by atoms with van der Waals surface area (Å²) in [5, 5.41) is 3.23. The Kier molecular flexibility index (Phi) is 8.51. The van der Waals surface area contributed by atoms with Gasteiger partial charge in [-0.25, -0.2) is 4.98 Å². The van der Waals surface area contributed by atoms with Gasteiger partial charge in [0.25, 0.3) is 11.5 Å². The summed E-state index contributed by atoms with van der Waals surface area (Å²) in [4.78, 5) is 44.0. The standard InChI is InChI=1S/C27H26ClF3N4O3/c28-21-8-6-19(7-9-21)22-16-25(37)35(23(33-22)5-2-11-27(29,30)31)17-18-3-1-4-20(15-18)26(38)34-13-10-24(36)32-12-14-34/h1,3-4,6-9,15-16H,2,5,10-14,17H2,(H,32,36). The van der Waals surface area contributed by atoms with Crippen LogP contribution in [0.3, 0.4) is 0 Å². The molecule has 1 N–H and O–H groups in total. The molecule has 4 rings (SSSR count). The van der Waals surface area contributed by atoms with E-state index in [-0.39, 0.29) is 43.4 Å². The van der Waals surface area contributed by atoms with Crippen molar-refractivity contribution in [1.29, 1.82) is 0 Å². The van der Waals surface area contributed by atoms with E-state index in [2.05, 4.69) is 10.3 Å². The molecule has 11 heteroatoms. The summed E-state index contributed by atoms with van der Waals surface area (Å²) in [7, 11) is 0. The van der Waals surface area contributed by atoms with Gasteiger partial charge in [0.15, 0.2) is 0 Å². The maximum absolute atomic E-state index is 13.2. The zero-order valence-electron chi connectivity index (χ0n) is 20.4. The molecule has 0 radical (unpaired) electrons. The minimum atomic E-state index is -4.32. The van der Waals surface area contributed by atoms with E-state index < -0.39 is 18.2 Å². The number of alkyl halides is 3. The fourth-order valence-electron chi connectivity index (χ4n) is 4.27. The summed E-state index contributed by atoms with van der Waals surface area (Å²) in [5.41, 5.74) is 1.57. The molecular formula is C27H26ClF3N4O3. The highest BCUT2D eigenvalue weighted by Gasteiger charge is 2.26. The Morgan fingerprint density at radius 2 is 1.82 bits per heavy atom. The lowest BCUT2D eigenvalue weighted by Gasteiger charge is -2.20. The largest absolute Gasteiger partial charge is 0.389 e. The van der Waals surface area contributed by atoms with Gasteiger partial charge >= 0.3 is 6.18 Å². The monoisotopic (exact) mass is 546 g/mol. The van der Waals surface area contributed by atoms with Crippen molar-refractivity contribution in [2.45, 2.75) is 38.4 Å². The fourth-order valence-corrected chi connectivity index (χ4v) is 4.39. The number of rotatable bonds is 7. The van der Waals surface area contributed by atoms with E-state index in [9.17, 15) is 27.6 Å². The highest BCUT2D eigenvalue weighted by atomic mass is 35.5. The molecule has 0 unspecified atom stereocenters. The topological polar surface area (TPSA) is 84.3 Å². The van der Waals surface area contributed by atoms with Crippen molar-refractivity contribution >= 4 is 23.4 Å². The maximum atomic E-state index is 13.2. The van der Waals surface area contributed by atoms with Gasteiger partial charge in [-0.3, -0.25) is 19.0 Å². The first-order valence-corrected chi connectivity index (χ1v) is 12.6. The normalized spacial score (nSPS) is 14.2. The molecule has 3 aromatic rings. The first kappa shape index (κ1) is 27.4. The number of carbonyl (C=O) groups is 2. The molecule has 7 nitrogen and oxygen atoms in total. The number of nitrogens with one attached hydrogen (secondary N) is 1. The Labute approximate surface area is 222 Å². The quantitative estimate of drug-likeness (QED) is 0.474. The molecule has 1 aliphatic rings. The molecule has 38 heavy (non-hydrogen) atoms. The Bertz CT molecular complexity index is 1370. The molecule has 0 atom stereocenters. The van der Waals surface area contributed by atoms with E-state index in [1.54, 1.807) is 53.4 Å². The molecule has 2 aromatic carbocycles. The predicted octanol–water partition coefficient (Wildman–Crippen LogP) is 4.46. The van der Waals surface area contributed by atoms with Gasteiger partial charge in [-0.1, -0.05) is 35.9 Å². The van der Waals surface area contributed by atoms with Gasteiger partial charge in [-0.15, -0.1) is 0 Å². The molecule has 0 spiro atoms. The van der Waals surface area contributed by atoms with Crippen LogP contribution in [0.2, 0.25) is 5.02 Å². The highest BCUT2D eigenvalue weighted by molar-refractivity contribution is 6.30. The van der Waals surface area contributed by atoms with Crippen LogP contribution in [-0.2, 0) is 17.8 Å². The second-order valence-electron chi connectivity index (χ2n) is 9.05. The zero-order valence-corrected chi connectivity index (χ0v) is 21.2. The second-order valence-corrected chi connectivity index (χ2v) is 9.49. The van der Waals surface area contributed by atoms with Crippen LogP contribution < -0.4 is 10.9 Å². The van der Waals surface area contributed by atoms with Gasteiger partial charge in [0.2, 0.25) is 5.91 Å². The summed E-state index contributed by atoms with van der Waals surface area (Å²) < 4.78 is 39.8. The minimum absolute atomic E-state index is 0.0369. The Morgan fingerprint density at radius 3 is 2.55 bits per heavy atom. The van der Waals surface area contributed by atoms with E-state index in [0.717, 1.165) is 0 Å². The van der Waals surface area contributed by atoms with Gasteiger partial charge in [0.05, 0.1) is 12.2 Å². The van der Waals surface area contributed by atoms with Crippen molar-refractivity contribution in [3.63, 3.8) is 0 Å². The molecule has 1 fully saturated rings. The van der Waals surface area contributed by atoms with E-state index in [1.165, 1.54) is 10.6 Å². The third kappa shape index (κ3) is 7.22. The molecule has 2 heterocycles. The fraction of sp³-hybridized carbons (Fsp3) is 0.333. The molecule has 1 aliphatic heterocycles. The number of hydrogen-bond donors (Lipinski definition) is 1. The van der Waals surface area contributed by atoms with Crippen molar-refractivity contribution in [2.24, 2.45) is 0 Å². The number of hydrogen-bond acceptors (Lipinski definition) is 4. The highest BCUT2D eigenvalue weighted by Crippen LogP contribution is 2.24. The van der Waals surface area contributed by atoms with Crippen LogP contribution in [0.15, 0.2) is 59.4 Å². The lowest BCUT2D eigenvalue weighted by atomic mass is 10.1. The zero-order chi connectivity index (χ0) is 27.3. The van der Waals surface area contributed by atoms with Crippen LogP contribution >= 0.6 is 11.6 Å². The first-order valence-electron chi connectivity index (χ1n) is 12.2. The summed E-state index contributed by atoms with van der Waals surface area (Å²) >= 11 is 5.95. The molecule has 0 aliphatic carbocycles. The van der Waals surface area contributed by atoms with Crippen LogP contribution in [-0.4, -0.2) is 52.1 Å². The number of amides is 2. The number of halogens is 4. The average Bonchev–Trinajstić information content (AvgIpc) is 3.09. The van der Waals surface area contributed by atoms with Gasteiger partial charge < -0.3 is 10.2 Å². The molecular weight excluding hydrogens is 521 g/mol. The van der Waals surface area contributed by atoms with Crippen LogP contribution in [0.5, 0.6) is 0 Å². The Hall–Kier alpha value is -3.66. The van der Waals surface area contributed by atoms with Gasteiger partial charge in [0, 0.05) is 61.1 Å². The van der Waals surface area contributed by atoms with Crippen LogP contribution in [0.4, 0.5) is 13.2 Å². The van der Waals surface area contributed by atoms with Crippen molar-refractivity contribution in [2.75, 3.05) is 19.6 Å². The van der Waals surface area contributed by atoms with Crippen molar-refractivity contribution < 1.29 is 22.8 Å². The van der Waals surface area contributed by atoms with Crippen molar-refractivity contribution in [3.8, 4) is 11.3 Å². The molecule has 2 amide bonds. The van der Waals surface area contributed by atoms with Crippen LogP contribution in [0.25, 0.3) is 11.3 Å². The number of benzene rings is 2. The van der Waals surface area contributed by atoms with Gasteiger partial charge in [-0.05, 0) is 36.2 Å². The number of aryl methyl sites for hydroxylation is 1. The third-order valence-corrected chi connectivity index (χ3v) is 6.45. The Balaban J connectivity index is 1.62. The Morgan fingerprint density at radius 1 is 1.05 bits per heavy atom. The third-order valence-electron chi connectivity index (χ3n) is 6.20. The maximum Gasteiger partial charge on any atom is 0.389 e. The SMILES string of the molecule is O=C1CCN(C(=O)c2cccc(Cn3c(CCCC(F)(F)F)nc(-c4ccc(Cl)cc4)cc3=O)c2)CCN1. The summed E-state index contributed by atoms with van der Waals surface area (Å²) in [6, 6.07) is 14.7. The molecule has 0 saturated carbocycles.